The van der Waals surface area contributed by atoms with E-state index in [4.69, 9.17) is 4.74 Å². The first-order valence-corrected chi connectivity index (χ1v) is 11.1. The van der Waals surface area contributed by atoms with Crippen molar-refractivity contribution >= 4 is 17.5 Å². The molecular formula is C24H22F4N4O5. The van der Waals surface area contributed by atoms with Crippen LogP contribution in [-0.4, -0.2) is 38.6 Å². The van der Waals surface area contributed by atoms with Gasteiger partial charge in [-0.2, -0.15) is 0 Å². The number of aryl methyl sites for hydroxylation is 2. The fraction of sp³-hybridized carbons (Fsp3) is 0.333. The number of hydrogen-bond donors (Lipinski definition) is 2. The molecule has 37 heavy (non-hydrogen) atoms. The third-order valence-electron chi connectivity index (χ3n) is 6.09. The third-order valence-corrected chi connectivity index (χ3v) is 6.09. The molecule has 1 aromatic carbocycles. The molecule has 0 aliphatic heterocycles. The summed E-state index contributed by atoms with van der Waals surface area (Å²) in [5, 5.41) is 12.0. The predicted octanol–water partition coefficient (Wildman–Crippen LogP) is 4.66. The average Bonchev–Trinajstić information content (AvgIpc) is 2.76. The fourth-order valence-corrected chi connectivity index (χ4v) is 3.97. The molecule has 1 saturated carbocycles. The van der Waals surface area contributed by atoms with Crippen molar-refractivity contribution in [2.75, 3.05) is 11.9 Å². The smallest absolute Gasteiger partial charge is 0.490 e. The van der Waals surface area contributed by atoms with Crippen LogP contribution >= 0.6 is 0 Å². The minimum absolute atomic E-state index is 0.00663. The van der Waals surface area contributed by atoms with Crippen LogP contribution in [0.4, 0.5) is 29.1 Å². The van der Waals surface area contributed by atoms with Gasteiger partial charge in [0.25, 0.3) is 5.56 Å². The molecule has 13 heteroatoms. The normalized spacial score (nSPS) is 14.5. The number of nitrogens with zero attached hydrogens (tertiary/aromatic N) is 3. The molecule has 0 radical (unpaired) electrons. The number of benzene rings is 1. The van der Waals surface area contributed by atoms with E-state index in [-0.39, 0.29) is 23.9 Å². The number of carbonyl (C=O) groups is 1. The largest absolute Gasteiger partial charge is 0.573 e. The Hall–Kier alpha value is -4.16. The molecule has 0 bridgehead atoms. The number of anilines is 2. The van der Waals surface area contributed by atoms with Crippen LogP contribution in [0.25, 0.3) is 5.82 Å². The summed E-state index contributed by atoms with van der Waals surface area (Å²) in [6.45, 7) is 3.39. The maximum atomic E-state index is 14.3. The molecule has 4 rings (SSSR count). The third kappa shape index (κ3) is 5.49. The van der Waals surface area contributed by atoms with Crippen molar-refractivity contribution < 1.29 is 36.9 Å². The lowest BCUT2D eigenvalue weighted by atomic mass is 9.69. The molecule has 0 unspecified atom stereocenters. The second kappa shape index (κ2) is 9.71. The number of hydrogen-bond acceptors (Lipinski definition) is 7. The molecule has 1 aliphatic rings. The van der Waals surface area contributed by atoms with E-state index in [0.717, 1.165) is 23.1 Å². The van der Waals surface area contributed by atoms with E-state index in [2.05, 4.69) is 20.0 Å². The quantitative estimate of drug-likeness (QED) is 0.411. The highest BCUT2D eigenvalue weighted by molar-refractivity contribution is 5.76. The number of aliphatic carboxylic acids is 1. The summed E-state index contributed by atoms with van der Waals surface area (Å²) in [7, 11) is 0. The number of alkyl halides is 3. The molecule has 0 atom stereocenters. The van der Waals surface area contributed by atoms with Crippen molar-refractivity contribution in [3.63, 3.8) is 0 Å². The lowest BCUT2D eigenvalue weighted by Gasteiger charge is -2.37. The van der Waals surface area contributed by atoms with E-state index >= 15 is 0 Å². The van der Waals surface area contributed by atoms with Gasteiger partial charge in [-0.15, -0.1) is 13.2 Å². The van der Waals surface area contributed by atoms with Gasteiger partial charge < -0.3 is 19.9 Å². The summed E-state index contributed by atoms with van der Waals surface area (Å²) in [5.41, 5.74) is -0.848. The maximum absolute atomic E-state index is 14.3. The summed E-state index contributed by atoms with van der Waals surface area (Å²) in [4.78, 5) is 32.9. The minimum Gasteiger partial charge on any atom is -0.490 e. The molecule has 2 aromatic heterocycles. The second-order valence-electron chi connectivity index (χ2n) is 8.71. The van der Waals surface area contributed by atoms with Crippen molar-refractivity contribution in [3.05, 3.63) is 64.1 Å². The molecule has 3 aromatic rings. The van der Waals surface area contributed by atoms with Gasteiger partial charge in [0.05, 0.1) is 11.4 Å². The van der Waals surface area contributed by atoms with Gasteiger partial charge in [0, 0.05) is 18.5 Å². The number of carboxylic acid groups (broad SMARTS) is 1. The predicted molar refractivity (Wildman–Crippen MR) is 123 cm³/mol. The Kier molecular flexibility index (Phi) is 6.80. The van der Waals surface area contributed by atoms with E-state index in [9.17, 15) is 32.3 Å². The van der Waals surface area contributed by atoms with Crippen LogP contribution < -0.4 is 20.3 Å². The zero-order valence-electron chi connectivity index (χ0n) is 19.7. The van der Waals surface area contributed by atoms with E-state index in [1.54, 1.807) is 19.9 Å². The van der Waals surface area contributed by atoms with Gasteiger partial charge in [-0.1, -0.05) is 6.42 Å². The van der Waals surface area contributed by atoms with Crippen LogP contribution in [0.15, 0.2) is 41.5 Å². The second-order valence-corrected chi connectivity index (χ2v) is 8.71. The zero-order valence-corrected chi connectivity index (χ0v) is 19.7. The summed E-state index contributed by atoms with van der Waals surface area (Å²) in [6, 6.07) is 3.99. The maximum Gasteiger partial charge on any atom is 0.573 e. The van der Waals surface area contributed by atoms with Gasteiger partial charge in [-0.3, -0.25) is 14.2 Å². The van der Waals surface area contributed by atoms with E-state index in [1.165, 1.54) is 12.4 Å². The Labute approximate surface area is 207 Å². The van der Waals surface area contributed by atoms with Gasteiger partial charge >= 0.3 is 12.3 Å². The lowest BCUT2D eigenvalue weighted by molar-refractivity contribution is -0.274. The molecule has 196 valence electrons. The summed E-state index contributed by atoms with van der Waals surface area (Å²) < 4.78 is 62.1. The number of rotatable bonds is 8. The molecule has 2 heterocycles. The van der Waals surface area contributed by atoms with Crippen molar-refractivity contribution in [1.29, 1.82) is 0 Å². The Morgan fingerprint density at radius 2 is 1.97 bits per heavy atom. The number of ether oxygens (including phenoxy) is 2. The molecule has 9 nitrogen and oxygen atoms in total. The van der Waals surface area contributed by atoms with E-state index < -0.39 is 34.9 Å². The first-order chi connectivity index (χ1) is 17.4. The van der Waals surface area contributed by atoms with Crippen LogP contribution in [0.1, 0.15) is 30.5 Å². The topological polar surface area (TPSA) is 116 Å². The number of carboxylic acids is 1. The summed E-state index contributed by atoms with van der Waals surface area (Å²) in [6.07, 6.45) is -0.470. The Bertz CT molecular complexity index is 1380. The molecule has 1 fully saturated rings. The molecule has 0 amide bonds. The Morgan fingerprint density at radius 1 is 1.24 bits per heavy atom. The summed E-state index contributed by atoms with van der Waals surface area (Å²) >= 11 is 0. The number of aromatic nitrogens is 3. The fourth-order valence-electron chi connectivity index (χ4n) is 3.97. The summed E-state index contributed by atoms with van der Waals surface area (Å²) in [5.74, 6) is -2.41. The van der Waals surface area contributed by atoms with Gasteiger partial charge in [0.2, 0.25) is 0 Å². The van der Waals surface area contributed by atoms with E-state index in [0.29, 0.717) is 35.9 Å². The van der Waals surface area contributed by atoms with Gasteiger partial charge in [-0.25, -0.2) is 14.4 Å². The van der Waals surface area contributed by atoms with Crippen LogP contribution in [0.3, 0.4) is 0 Å². The molecule has 0 saturated heterocycles. The number of nitrogens with one attached hydrogen (secondary N) is 1. The van der Waals surface area contributed by atoms with Crippen LogP contribution in [0.5, 0.6) is 11.5 Å². The zero-order chi connectivity index (χ0) is 27.0. The van der Waals surface area contributed by atoms with Gasteiger partial charge in [0.15, 0.2) is 5.82 Å². The standard InChI is InChI=1S/C24H22F4N4O5/c1-13-10-18(30-14(2)19(13)36-12-23(22(34)35)6-3-7-23)32-9-8-29-20(21(32)33)31-17-5-4-15(11-16(17)25)37-24(26,27)28/h4-5,8-11H,3,6-7,12H2,1-2H3,(H,29,31)(H,34,35). The van der Waals surface area contributed by atoms with Crippen LogP contribution in [-0.2, 0) is 4.79 Å². The first kappa shape index (κ1) is 25.9. The Balaban J connectivity index is 1.57. The van der Waals surface area contributed by atoms with Crippen molar-refractivity contribution in [1.82, 2.24) is 14.5 Å². The van der Waals surface area contributed by atoms with Crippen molar-refractivity contribution in [3.8, 4) is 17.3 Å². The van der Waals surface area contributed by atoms with Crippen LogP contribution in [0, 0.1) is 25.1 Å². The van der Waals surface area contributed by atoms with Crippen molar-refractivity contribution in [2.45, 2.75) is 39.5 Å². The number of pyridine rings is 1. The highest BCUT2D eigenvalue weighted by Gasteiger charge is 2.45. The molecule has 1 aliphatic carbocycles. The Morgan fingerprint density at radius 3 is 2.54 bits per heavy atom. The number of halogens is 4. The van der Waals surface area contributed by atoms with Crippen molar-refractivity contribution in [2.24, 2.45) is 5.41 Å². The molecule has 0 spiro atoms. The highest BCUT2D eigenvalue weighted by Crippen LogP contribution is 2.42. The average molecular weight is 522 g/mol. The van der Waals surface area contributed by atoms with Gasteiger partial charge in [-0.05, 0) is 50.5 Å². The highest BCUT2D eigenvalue weighted by atomic mass is 19.4. The van der Waals surface area contributed by atoms with Crippen LogP contribution in [0.2, 0.25) is 0 Å². The lowest BCUT2D eigenvalue weighted by Crippen LogP contribution is -2.43. The van der Waals surface area contributed by atoms with Gasteiger partial charge in [0.1, 0.15) is 35.2 Å². The molecule has 2 N–H and O–H groups in total. The van der Waals surface area contributed by atoms with E-state index in [1.807, 2.05) is 0 Å². The minimum atomic E-state index is -4.98. The SMILES string of the molecule is Cc1cc(-n2ccnc(Nc3ccc(OC(F)(F)F)cc3F)c2=O)nc(C)c1OCC1(C(=O)O)CCC1. The first-order valence-electron chi connectivity index (χ1n) is 11.1. The monoisotopic (exact) mass is 522 g/mol. The molecular weight excluding hydrogens is 500 g/mol.